The van der Waals surface area contributed by atoms with Gasteiger partial charge in [-0.15, -0.1) is 0 Å². The van der Waals surface area contributed by atoms with Gasteiger partial charge >= 0.3 is 5.69 Å². The Balaban J connectivity index is 1.58. The third kappa shape index (κ3) is 4.36. The molecule has 2 aromatic carbocycles. The van der Waals surface area contributed by atoms with Gasteiger partial charge < -0.3 is 5.32 Å². The standard InChI is InChI=1S/C24H27ClN4O3/c1-2-28-23(31)18-10-4-6-12-20(18)29(24(28)32)16-22(30)26-15-21(27-13-7-8-14-27)17-9-3-5-11-19(17)25/h3-6,9-12,21H,2,7-8,13-16H2,1H3,(H,26,30). The summed E-state index contributed by atoms with van der Waals surface area (Å²) in [5.74, 6) is -0.283. The van der Waals surface area contributed by atoms with Gasteiger partial charge in [-0.05, 0) is 56.6 Å². The zero-order valence-electron chi connectivity index (χ0n) is 18.1. The summed E-state index contributed by atoms with van der Waals surface area (Å²) in [5.41, 5.74) is 0.634. The number of aromatic nitrogens is 2. The van der Waals surface area contributed by atoms with Crippen molar-refractivity contribution in [3.05, 3.63) is 80.0 Å². The van der Waals surface area contributed by atoms with Gasteiger partial charge in [0.2, 0.25) is 5.91 Å². The lowest BCUT2D eigenvalue weighted by molar-refractivity contribution is -0.121. The Morgan fingerprint density at radius 3 is 2.44 bits per heavy atom. The first-order chi connectivity index (χ1) is 15.5. The molecule has 1 aliphatic heterocycles. The number of para-hydroxylation sites is 1. The molecule has 8 heteroatoms. The SMILES string of the molecule is CCn1c(=O)c2ccccc2n(CC(=O)NCC(c2ccccc2Cl)N2CCCC2)c1=O. The van der Waals surface area contributed by atoms with Crippen LogP contribution in [0.25, 0.3) is 10.9 Å². The molecule has 1 fully saturated rings. The number of carbonyl (C=O) groups is 1. The molecule has 4 rings (SSSR count). The van der Waals surface area contributed by atoms with Crippen LogP contribution in [0.1, 0.15) is 31.4 Å². The number of hydrogen-bond acceptors (Lipinski definition) is 4. The molecule has 0 aliphatic carbocycles. The second-order valence-electron chi connectivity index (χ2n) is 8.02. The Morgan fingerprint density at radius 1 is 1.03 bits per heavy atom. The van der Waals surface area contributed by atoms with E-state index in [1.807, 2.05) is 24.3 Å². The van der Waals surface area contributed by atoms with E-state index in [1.54, 1.807) is 31.2 Å². The Labute approximate surface area is 191 Å². The zero-order valence-corrected chi connectivity index (χ0v) is 18.8. The smallest absolute Gasteiger partial charge is 0.331 e. The van der Waals surface area contributed by atoms with Crippen LogP contribution in [0, 0.1) is 0 Å². The average molecular weight is 455 g/mol. The first-order valence-corrected chi connectivity index (χ1v) is 11.4. The molecule has 32 heavy (non-hydrogen) atoms. The van der Waals surface area contributed by atoms with Gasteiger partial charge in [-0.2, -0.15) is 0 Å². The molecule has 0 saturated carbocycles. The van der Waals surface area contributed by atoms with Crippen molar-refractivity contribution in [3.8, 4) is 0 Å². The summed E-state index contributed by atoms with van der Waals surface area (Å²) in [6.45, 7) is 4.13. The summed E-state index contributed by atoms with van der Waals surface area (Å²) in [4.78, 5) is 40.8. The van der Waals surface area contributed by atoms with Crippen LogP contribution in [0.15, 0.2) is 58.1 Å². The topological polar surface area (TPSA) is 76.3 Å². The highest BCUT2D eigenvalue weighted by atomic mass is 35.5. The van der Waals surface area contributed by atoms with E-state index in [0.717, 1.165) is 36.1 Å². The minimum Gasteiger partial charge on any atom is -0.353 e. The molecule has 1 aromatic heterocycles. The normalized spacial score (nSPS) is 15.2. The molecule has 0 spiro atoms. The quantitative estimate of drug-likeness (QED) is 0.595. The predicted octanol–water partition coefficient (Wildman–Crippen LogP) is 2.79. The van der Waals surface area contributed by atoms with Crippen molar-refractivity contribution in [2.24, 2.45) is 0 Å². The summed E-state index contributed by atoms with van der Waals surface area (Å²) in [7, 11) is 0. The number of hydrogen-bond donors (Lipinski definition) is 1. The van der Waals surface area contributed by atoms with Crippen molar-refractivity contribution in [1.82, 2.24) is 19.4 Å². The van der Waals surface area contributed by atoms with E-state index in [1.165, 1.54) is 4.57 Å². The Hall–Kier alpha value is -2.90. The monoisotopic (exact) mass is 454 g/mol. The predicted molar refractivity (Wildman–Crippen MR) is 126 cm³/mol. The van der Waals surface area contributed by atoms with E-state index < -0.39 is 5.69 Å². The van der Waals surface area contributed by atoms with E-state index >= 15 is 0 Å². The first kappa shape index (κ1) is 22.3. The van der Waals surface area contributed by atoms with Crippen LogP contribution < -0.4 is 16.6 Å². The molecule has 168 valence electrons. The fourth-order valence-corrected chi connectivity index (χ4v) is 4.71. The highest BCUT2D eigenvalue weighted by Gasteiger charge is 2.25. The summed E-state index contributed by atoms with van der Waals surface area (Å²) in [6, 6.07) is 14.6. The molecule has 1 amide bonds. The summed E-state index contributed by atoms with van der Waals surface area (Å²) in [6.07, 6.45) is 2.24. The molecular weight excluding hydrogens is 428 g/mol. The van der Waals surface area contributed by atoms with Gasteiger partial charge in [-0.25, -0.2) is 4.79 Å². The maximum atomic E-state index is 12.9. The molecule has 1 N–H and O–H groups in total. The van der Waals surface area contributed by atoms with Crippen molar-refractivity contribution >= 4 is 28.4 Å². The number of rotatable bonds is 7. The third-order valence-corrected chi connectivity index (χ3v) is 6.43. The number of nitrogens with one attached hydrogen (secondary N) is 1. The maximum Gasteiger partial charge on any atom is 0.331 e. The second-order valence-corrected chi connectivity index (χ2v) is 8.43. The molecule has 1 unspecified atom stereocenters. The lowest BCUT2D eigenvalue weighted by atomic mass is 10.1. The lowest BCUT2D eigenvalue weighted by Gasteiger charge is -2.29. The van der Waals surface area contributed by atoms with Gasteiger partial charge in [0, 0.05) is 18.1 Å². The molecule has 7 nitrogen and oxygen atoms in total. The maximum absolute atomic E-state index is 12.9. The molecule has 3 aromatic rings. The Bertz CT molecular complexity index is 1240. The molecular formula is C24H27ClN4O3. The summed E-state index contributed by atoms with van der Waals surface area (Å²) < 4.78 is 2.53. The van der Waals surface area contributed by atoms with Crippen LogP contribution in [0.2, 0.25) is 5.02 Å². The van der Waals surface area contributed by atoms with Gasteiger partial charge in [0.1, 0.15) is 6.54 Å². The number of likely N-dealkylation sites (tertiary alicyclic amines) is 1. The van der Waals surface area contributed by atoms with E-state index in [9.17, 15) is 14.4 Å². The molecule has 0 radical (unpaired) electrons. The van der Waals surface area contributed by atoms with Crippen LogP contribution in [0.4, 0.5) is 0 Å². The fourth-order valence-electron chi connectivity index (χ4n) is 4.45. The van der Waals surface area contributed by atoms with Crippen LogP contribution in [0.5, 0.6) is 0 Å². The first-order valence-electron chi connectivity index (χ1n) is 11.0. The fraction of sp³-hybridized carbons (Fsp3) is 0.375. The number of benzene rings is 2. The van der Waals surface area contributed by atoms with Gasteiger partial charge in [0.05, 0.1) is 16.9 Å². The highest BCUT2D eigenvalue weighted by Crippen LogP contribution is 2.29. The van der Waals surface area contributed by atoms with Crippen molar-refractivity contribution in [3.63, 3.8) is 0 Å². The van der Waals surface area contributed by atoms with Crippen molar-refractivity contribution in [2.75, 3.05) is 19.6 Å². The van der Waals surface area contributed by atoms with E-state index in [2.05, 4.69) is 10.2 Å². The molecule has 1 aliphatic rings. The highest BCUT2D eigenvalue weighted by molar-refractivity contribution is 6.31. The van der Waals surface area contributed by atoms with Crippen LogP contribution in [-0.4, -0.2) is 39.6 Å². The lowest BCUT2D eigenvalue weighted by Crippen LogP contribution is -2.43. The Kier molecular flexibility index (Phi) is 6.77. The minimum absolute atomic E-state index is 0.0341. The van der Waals surface area contributed by atoms with Gasteiger partial charge in [0.25, 0.3) is 5.56 Å². The van der Waals surface area contributed by atoms with Crippen LogP contribution in [0.3, 0.4) is 0 Å². The molecule has 1 saturated heterocycles. The number of nitrogens with zero attached hydrogens (tertiary/aromatic N) is 3. The zero-order chi connectivity index (χ0) is 22.7. The average Bonchev–Trinajstić information content (AvgIpc) is 3.33. The van der Waals surface area contributed by atoms with E-state index in [0.29, 0.717) is 22.5 Å². The second kappa shape index (κ2) is 9.71. The van der Waals surface area contributed by atoms with E-state index in [4.69, 9.17) is 11.6 Å². The number of carbonyl (C=O) groups excluding carboxylic acids is 1. The van der Waals surface area contributed by atoms with Gasteiger partial charge in [-0.1, -0.05) is 41.9 Å². The van der Waals surface area contributed by atoms with Crippen LogP contribution in [-0.2, 0) is 17.9 Å². The molecule has 0 bridgehead atoms. The van der Waals surface area contributed by atoms with Crippen LogP contribution >= 0.6 is 11.6 Å². The molecule has 2 heterocycles. The number of halogens is 1. The number of amides is 1. The van der Waals surface area contributed by atoms with Crippen molar-refractivity contribution < 1.29 is 4.79 Å². The van der Waals surface area contributed by atoms with Crippen molar-refractivity contribution in [2.45, 2.75) is 38.9 Å². The summed E-state index contributed by atoms with van der Waals surface area (Å²) >= 11 is 6.46. The van der Waals surface area contributed by atoms with E-state index in [-0.39, 0.29) is 30.6 Å². The van der Waals surface area contributed by atoms with Gasteiger partial charge in [-0.3, -0.25) is 23.6 Å². The Morgan fingerprint density at radius 2 is 1.72 bits per heavy atom. The van der Waals surface area contributed by atoms with Crippen molar-refractivity contribution in [1.29, 1.82) is 0 Å². The minimum atomic E-state index is -0.478. The largest absolute Gasteiger partial charge is 0.353 e. The van der Waals surface area contributed by atoms with Gasteiger partial charge in [0.15, 0.2) is 0 Å². The molecule has 1 atom stereocenters. The third-order valence-electron chi connectivity index (χ3n) is 6.09. The summed E-state index contributed by atoms with van der Waals surface area (Å²) in [5, 5.41) is 4.09. The number of fused-ring (bicyclic) bond motifs is 1.